The van der Waals surface area contributed by atoms with Crippen LogP contribution in [0.4, 0.5) is 0 Å². The van der Waals surface area contributed by atoms with Gasteiger partial charge >= 0.3 is 5.97 Å². The van der Waals surface area contributed by atoms with Crippen LogP contribution in [0.15, 0.2) is 34.1 Å². The van der Waals surface area contributed by atoms with E-state index in [2.05, 4.69) is 15.9 Å². The first-order valence-electron chi connectivity index (χ1n) is 6.01. The predicted octanol–water partition coefficient (Wildman–Crippen LogP) is 3.48. The van der Waals surface area contributed by atoms with E-state index in [0.717, 1.165) is 14.2 Å². The van der Waals surface area contributed by atoms with E-state index in [1.54, 1.807) is 17.4 Å². The molecule has 1 atom stereocenters. The van der Waals surface area contributed by atoms with Crippen molar-refractivity contribution in [2.75, 3.05) is 0 Å². The number of rotatable bonds is 4. The van der Waals surface area contributed by atoms with Gasteiger partial charge in [-0.2, -0.15) is 0 Å². The normalized spacial score (nSPS) is 16.6. The van der Waals surface area contributed by atoms with Gasteiger partial charge < -0.3 is 14.6 Å². The highest BCUT2D eigenvalue weighted by molar-refractivity contribution is 9.11. The third-order valence-corrected chi connectivity index (χ3v) is 4.60. The standard InChI is InChI=1S/C14H11BrO4S/c15-13-4-3-10(20-13)7-18-9-2-1-8-5-12(14(16)17)19-11(8)6-9/h1-4,6,12H,5,7H2,(H,16,17). The van der Waals surface area contributed by atoms with E-state index in [1.165, 1.54) is 0 Å². The van der Waals surface area contributed by atoms with Crippen molar-refractivity contribution in [1.29, 1.82) is 0 Å². The highest BCUT2D eigenvalue weighted by Crippen LogP contribution is 2.33. The van der Waals surface area contributed by atoms with Crippen LogP contribution in [0.25, 0.3) is 0 Å². The van der Waals surface area contributed by atoms with E-state index in [0.29, 0.717) is 24.5 Å². The van der Waals surface area contributed by atoms with Crippen LogP contribution >= 0.6 is 27.3 Å². The number of hydrogen-bond acceptors (Lipinski definition) is 4. The summed E-state index contributed by atoms with van der Waals surface area (Å²) in [5, 5.41) is 8.95. The Kier molecular flexibility index (Phi) is 3.67. The van der Waals surface area contributed by atoms with Gasteiger partial charge in [0.1, 0.15) is 18.1 Å². The number of ether oxygens (including phenoxy) is 2. The number of aliphatic carboxylic acids is 1. The van der Waals surface area contributed by atoms with E-state index >= 15 is 0 Å². The molecule has 3 rings (SSSR count). The van der Waals surface area contributed by atoms with Crippen molar-refractivity contribution in [3.63, 3.8) is 0 Å². The van der Waals surface area contributed by atoms with Crippen LogP contribution in [-0.4, -0.2) is 17.2 Å². The summed E-state index contributed by atoms with van der Waals surface area (Å²) < 4.78 is 12.1. The second-order valence-electron chi connectivity index (χ2n) is 4.41. The number of hydrogen-bond donors (Lipinski definition) is 1. The Labute approximate surface area is 128 Å². The largest absolute Gasteiger partial charge is 0.488 e. The summed E-state index contributed by atoms with van der Waals surface area (Å²) in [5.41, 5.74) is 0.906. The highest BCUT2D eigenvalue weighted by atomic mass is 79.9. The number of carboxylic acids is 1. The average molecular weight is 355 g/mol. The van der Waals surface area contributed by atoms with Gasteiger partial charge in [-0.25, -0.2) is 4.79 Å². The molecule has 2 aromatic rings. The minimum absolute atomic E-state index is 0.406. The Morgan fingerprint density at radius 1 is 1.45 bits per heavy atom. The lowest BCUT2D eigenvalue weighted by Gasteiger charge is -2.07. The predicted molar refractivity (Wildman–Crippen MR) is 78.5 cm³/mol. The molecule has 1 aromatic carbocycles. The molecule has 1 N–H and O–H groups in total. The van der Waals surface area contributed by atoms with Gasteiger partial charge in [0.25, 0.3) is 0 Å². The molecule has 1 unspecified atom stereocenters. The van der Waals surface area contributed by atoms with Gasteiger partial charge in [-0.05, 0) is 39.7 Å². The van der Waals surface area contributed by atoms with Crippen molar-refractivity contribution < 1.29 is 19.4 Å². The molecule has 0 amide bonds. The van der Waals surface area contributed by atoms with Crippen LogP contribution in [0.3, 0.4) is 0 Å². The third kappa shape index (κ3) is 2.81. The van der Waals surface area contributed by atoms with Crippen molar-refractivity contribution in [1.82, 2.24) is 0 Å². The number of carboxylic acid groups (broad SMARTS) is 1. The second kappa shape index (κ2) is 5.46. The lowest BCUT2D eigenvalue weighted by Crippen LogP contribution is -2.24. The minimum Gasteiger partial charge on any atom is -0.488 e. The molecule has 2 heterocycles. The van der Waals surface area contributed by atoms with Gasteiger partial charge in [0.05, 0.1) is 3.79 Å². The molecule has 0 radical (unpaired) electrons. The number of halogens is 1. The van der Waals surface area contributed by atoms with Crippen LogP contribution in [0.2, 0.25) is 0 Å². The molecule has 1 aromatic heterocycles. The highest BCUT2D eigenvalue weighted by Gasteiger charge is 2.28. The van der Waals surface area contributed by atoms with Crippen molar-refractivity contribution >= 4 is 33.2 Å². The summed E-state index contributed by atoms with van der Waals surface area (Å²) in [6, 6.07) is 9.43. The molecule has 0 saturated carbocycles. The zero-order chi connectivity index (χ0) is 14.1. The Morgan fingerprint density at radius 3 is 3.00 bits per heavy atom. The molecule has 104 valence electrons. The van der Waals surface area contributed by atoms with Gasteiger partial charge in [-0.1, -0.05) is 6.07 Å². The van der Waals surface area contributed by atoms with Crippen LogP contribution < -0.4 is 9.47 Å². The molecule has 0 bridgehead atoms. The number of benzene rings is 1. The molecule has 0 spiro atoms. The van der Waals surface area contributed by atoms with Crippen LogP contribution in [0.5, 0.6) is 11.5 Å². The zero-order valence-corrected chi connectivity index (χ0v) is 12.7. The van der Waals surface area contributed by atoms with E-state index in [1.807, 2.05) is 24.3 Å². The van der Waals surface area contributed by atoms with Crippen molar-refractivity contribution in [2.24, 2.45) is 0 Å². The van der Waals surface area contributed by atoms with Gasteiger partial charge in [-0.15, -0.1) is 11.3 Å². The van der Waals surface area contributed by atoms with Crippen molar-refractivity contribution in [3.05, 3.63) is 44.6 Å². The van der Waals surface area contributed by atoms with Crippen LogP contribution in [0.1, 0.15) is 10.4 Å². The topological polar surface area (TPSA) is 55.8 Å². The van der Waals surface area contributed by atoms with Gasteiger partial charge in [-0.3, -0.25) is 0 Å². The molecule has 0 aliphatic carbocycles. The molecule has 0 fully saturated rings. The Bertz CT molecular complexity index is 652. The Balaban J connectivity index is 1.68. The summed E-state index contributed by atoms with van der Waals surface area (Å²) in [5.74, 6) is 0.341. The lowest BCUT2D eigenvalue weighted by molar-refractivity contribution is -0.144. The lowest BCUT2D eigenvalue weighted by atomic mass is 10.1. The maximum absolute atomic E-state index is 10.9. The summed E-state index contributed by atoms with van der Waals surface area (Å²) in [7, 11) is 0. The molecule has 1 aliphatic rings. The molecule has 6 heteroatoms. The fourth-order valence-electron chi connectivity index (χ4n) is 2.02. The monoisotopic (exact) mass is 354 g/mol. The first-order chi connectivity index (χ1) is 9.61. The third-order valence-electron chi connectivity index (χ3n) is 3.00. The number of thiophene rings is 1. The first-order valence-corrected chi connectivity index (χ1v) is 7.62. The Morgan fingerprint density at radius 2 is 2.30 bits per heavy atom. The van der Waals surface area contributed by atoms with Crippen LogP contribution in [0, 0.1) is 0 Å². The van der Waals surface area contributed by atoms with E-state index < -0.39 is 12.1 Å². The number of carbonyl (C=O) groups is 1. The SMILES string of the molecule is O=C(O)C1Cc2ccc(OCc3ccc(Br)s3)cc2O1. The zero-order valence-electron chi connectivity index (χ0n) is 10.3. The maximum Gasteiger partial charge on any atom is 0.345 e. The van der Waals surface area contributed by atoms with Gasteiger partial charge in [0.15, 0.2) is 6.10 Å². The molecule has 4 nitrogen and oxygen atoms in total. The quantitative estimate of drug-likeness (QED) is 0.913. The fraction of sp³-hybridized carbons (Fsp3) is 0.214. The maximum atomic E-state index is 10.9. The van der Waals surface area contributed by atoms with E-state index in [9.17, 15) is 4.79 Å². The fourth-order valence-corrected chi connectivity index (χ4v) is 3.42. The van der Waals surface area contributed by atoms with E-state index in [4.69, 9.17) is 14.6 Å². The Hall–Kier alpha value is -1.53. The summed E-state index contributed by atoms with van der Waals surface area (Å²) >= 11 is 5.03. The summed E-state index contributed by atoms with van der Waals surface area (Å²) in [6.07, 6.45) is -0.378. The minimum atomic E-state index is -0.938. The van der Waals surface area contributed by atoms with Crippen molar-refractivity contribution in [2.45, 2.75) is 19.1 Å². The number of fused-ring (bicyclic) bond motifs is 1. The summed E-state index contributed by atoms with van der Waals surface area (Å²) in [4.78, 5) is 12.0. The summed E-state index contributed by atoms with van der Waals surface area (Å²) in [6.45, 7) is 0.484. The van der Waals surface area contributed by atoms with Crippen molar-refractivity contribution in [3.8, 4) is 11.5 Å². The second-order valence-corrected chi connectivity index (χ2v) is 6.96. The molecular formula is C14H11BrO4S. The molecule has 1 aliphatic heterocycles. The van der Waals surface area contributed by atoms with E-state index in [-0.39, 0.29) is 0 Å². The molecule has 0 saturated heterocycles. The van der Waals surface area contributed by atoms with Crippen LogP contribution in [-0.2, 0) is 17.8 Å². The first kappa shape index (κ1) is 13.5. The smallest absolute Gasteiger partial charge is 0.345 e. The van der Waals surface area contributed by atoms with Gasteiger partial charge in [0, 0.05) is 17.4 Å². The van der Waals surface area contributed by atoms with Gasteiger partial charge in [0.2, 0.25) is 0 Å². The molecular weight excluding hydrogens is 344 g/mol. The molecule has 20 heavy (non-hydrogen) atoms. The average Bonchev–Trinajstić information content (AvgIpc) is 3.01.